The Labute approximate surface area is 217 Å². The van der Waals surface area contributed by atoms with Gasteiger partial charge >= 0.3 is 8.56 Å². The van der Waals surface area contributed by atoms with Crippen molar-refractivity contribution in [2.45, 2.75) is 148 Å². The largest absolute Gasteiger partial charge is 0.455 e. The van der Waals surface area contributed by atoms with Crippen LogP contribution in [-0.2, 0) is 17.7 Å². The van der Waals surface area contributed by atoms with Crippen LogP contribution < -0.4 is 0 Å². The Morgan fingerprint density at radius 1 is 0.471 bits per heavy atom. The smallest absolute Gasteiger partial charge is 0.334 e. The second kappa shape index (κ2) is 20.5. The lowest BCUT2D eigenvalue weighted by atomic mass is 10.1. The van der Waals surface area contributed by atoms with Crippen LogP contribution >= 0.6 is 0 Å². The maximum atomic E-state index is 6.87. The van der Waals surface area contributed by atoms with Crippen LogP contribution in [0.4, 0.5) is 0 Å². The van der Waals surface area contributed by atoms with Crippen molar-refractivity contribution in [3.8, 4) is 0 Å². The van der Waals surface area contributed by atoms with Gasteiger partial charge in [-0.05, 0) is 64.2 Å². The van der Waals surface area contributed by atoms with Crippen LogP contribution in [0, 0.1) is 0 Å². The lowest BCUT2D eigenvalue weighted by molar-refractivity contribution is 0.143. The Bertz CT molecular complexity index is 457. The fourth-order valence-corrected chi connectivity index (χ4v) is 15.3. The van der Waals surface area contributed by atoms with E-state index >= 15 is 0 Å². The lowest BCUT2D eigenvalue weighted by Gasteiger charge is -2.34. The molecule has 0 fully saturated rings. The molecule has 0 aliphatic carbocycles. The van der Waals surface area contributed by atoms with Crippen LogP contribution in [0.2, 0.25) is 50.9 Å². The van der Waals surface area contributed by atoms with E-state index in [-0.39, 0.29) is 0 Å². The molecule has 0 aliphatic heterocycles. The highest BCUT2D eigenvalue weighted by molar-refractivity contribution is 6.84. The first-order valence-corrected chi connectivity index (χ1v) is 23.2. The third-order valence-corrected chi connectivity index (χ3v) is 17.6. The molecule has 0 aromatic rings. The molecule has 0 aliphatic rings. The van der Waals surface area contributed by atoms with E-state index < -0.39 is 25.2 Å². The van der Waals surface area contributed by atoms with E-state index in [0.717, 1.165) is 19.3 Å². The average Bonchev–Trinajstić information content (AvgIpc) is 2.78. The summed E-state index contributed by atoms with van der Waals surface area (Å²) in [4.78, 5) is 0. The quantitative estimate of drug-likeness (QED) is 0.0863. The Balaban J connectivity index is 3.75. The van der Waals surface area contributed by atoms with Gasteiger partial charge in [-0.25, -0.2) is 0 Å². The molecular formula is C27H62O4Si3. The predicted molar refractivity (Wildman–Crippen MR) is 157 cm³/mol. The van der Waals surface area contributed by atoms with Crippen LogP contribution in [0.25, 0.3) is 0 Å². The van der Waals surface area contributed by atoms with E-state index in [2.05, 4.69) is 39.7 Å². The van der Waals surface area contributed by atoms with Gasteiger partial charge in [0.05, 0.1) is 0 Å². The maximum Gasteiger partial charge on any atom is 0.334 e. The van der Waals surface area contributed by atoms with Gasteiger partial charge in [-0.2, -0.15) is 0 Å². The van der Waals surface area contributed by atoms with E-state index in [0.29, 0.717) is 0 Å². The minimum atomic E-state index is -1.86. The normalized spacial score (nSPS) is 13.1. The van der Waals surface area contributed by atoms with Crippen LogP contribution in [0.5, 0.6) is 0 Å². The molecular weight excluding hydrogens is 473 g/mol. The van der Waals surface area contributed by atoms with Crippen LogP contribution in [0.3, 0.4) is 0 Å². The highest BCUT2D eigenvalue weighted by Gasteiger charge is 2.32. The van der Waals surface area contributed by atoms with Crippen LogP contribution in [0.1, 0.15) is 96.8 Å². The van der Waals surface area contributed by atoms with Crippen molar-refractivity contribution in [3.05, 3.63) is 0 Å². The van der Waals surface area contributed by atoms with Gasteiger partial charge in [-0.15, -0.1) is 0 Å². The molecule has 0 heterocycles. The minimum absolute atomic E-state index is 0.857. The van der Waals surface area contributed by atoms with Crippen molar-refractivity contribution in [1.29, 1.82) is 0 Å². The summed E-state index contributed by atoms with van der Waals surface area (Å²) < 4.78 is 23.4. The molecule has 34 heavy (non-hydrogen) atoms. The summed E-state index contributed by atoms with van der Waals surface area (Å²) in [6, 6.07) is 3.77. The average molecular weight is 535 g/mol. The zero-order valence-corrected chi connectivity index (χ0v) is 27.6. The lowest BCUT2D eigenvalue weighted by Crippen LogP contribution is -2.44. The standard InChI is InChI=1S/C27H62O4Si3/c1-9-30-24-20-16-12-10-11-13-17-21-25-32(4,5)31-33(6,7)26-22-18-14-15-19-23-27-34(8,28-2)29-3/h9-27H2,1-8H3. The molecule has 0 N–H and O–H groups in total. The summed E-state index contributed by atoms with van der Waals surface area (Å²) in [6.07, 6.45) is 18.8. The van der Waals surface area contributed by atoms with E-state index in [1.807, 2.05) is 0 Å². The highest BCUT2D eigenvalue weighted by Crippen LogP contribution is 2.26. The fraction of sp³-hybridized carbons (Fsp3) is 1.00. The van der Waals surface area contributed by atoms with E-state index in [4.69, 9.17) is 17.7 Å². The molecule has 0 aromatic carbocycles. The van der Waals surface area contributed by atoms with Crippen molar-refractivity contribution in [1.82, 2.24) is 0 Å². The molecule has 0 radical (unpaired) electrons. The SMILES string of the molecule is CCOCCCCCCCCCC[Si](C)(C)O[Si](C)(C)CCCCCCCC[Si](C)(OC)OC. The molecule has 0 saturated heterocycles. The van der Waals surface area contributed by atoms with Gasteiger partial charge in [0.2, 0.25) is 0 Å². The van der Waals surface area contributed by atoms with Crippen molar-refractivity contribution in [3.63, 3.8) is 0 Å². The van der Waals surface area contributed by atoms with E-state index in [9.17, 15) is 0 Å². The molecule has 0 atom stereocenters. The van der Waals surface area contributed by atoms with Gasteiger partial charge in [-0.3, -0.25) is 0 Å². The first kappa shape index (κ1) is 34.5. The number of unbranched alkanes of at least 4 members (excludes halogenated alkanes) is 12. The Hall–Kier alpha value is 0.491. The van der Waals surface area contributed by atoms with Gasteiger partial charge < -0.3 is 17.7 Å². The first-order chi connectivity index (χ1) is 16.1. The van der Waals surface area contributed by atoms with Gasteiger partial charge in [0.1, 0.15) is 0 Å². The van der Waals surface area contributed by atoms with Gasteiger partial charge in [0.25, 0.3) is 0 Å². The number of ether oxygens (including phenoxy) is 1. The molecule has 7 heteroatoms. The van der Waals surface area contributed by atoms with Gasteiger partial charge in [0.15, 0.2) is 16.6 Å². The second-order valence-electron chi connectivity index (χ2n) is 11.6. The molecule has 4 nitrogen and oxygen atoms in total. The third kappa shape index (κ3) is 20.7. The zero-order chi connectivity index (χ0) is 25.8. The molecule has 206 valence electrons. The molecule has 0 aromatic heterocycles. The minimum Gasteiger partial charge on any atom is -0.455 e. The summed E-state index contributed by atoms with van der Waals surface area (Å²) in [5.41, 5.74) is 0. The van der Waals surface area contributed by atoms with Crippen LogP contribution in [0.15, 0.2) is 0 Å². The van der Waals surface area contributed by atoms with E-state index in [1.165, 1.54) is 102 Å². The third-order valence-electron chi connectivity index (χ3n) is 7.10. The van der Waals surface area contributed by atoms with Gasteiger partial charge in [-0.1, -0.05) is 83.5 Å². The van der Waals surface area contributed by atoms with Crippen LogP contribution in [-0.4, -0.2) is 52.6 Å². The fourth-order valence-electron chi connectivity index (χ4n) is 4.80. The number of hydrogen-bond acceptors (Lipinski definition) is 4. The predicted octanol–water partition coefficient (Wildman–Crippen LogP) is 9.28. The molecule has 0 rings (SSSR count). The Morgan fingerprint density at radius 2 is 0.824 bits per heavy atom. The van der Waals surface area contributed by atoms with Crippen molar-refractivity contribution in [2.75, 3.05) is 27.4 Å². The van der Waals surface area contributed by atoms with Crippen molar-refractivity contribution < 1.29 is 17.7 Å². The maximum absolute atomic E-state index is 6.87. The van der Waals surface area contributed by atoms with Crippen molar-refractivity contribution in [2.24, 2.45) is 0 Å². The van der Waals surface area contributed by atoms with Gasteiger partial charge in [0, 0.05) is 27.4 Å². The molecule has 0 amide bonds. The summed E-state index contributed by atoms with van der Waals surface area (Å²) in [6.45, 7) is 15.9. The molecule has 0 saturated carbocycles. The summed E-state index contributed by atoms with van der Waals surface area (Å²) in [7, 11) is -1.31. The summed E-state index contributed by atoms with van der Waals surface area (Å²) in [5.74, 6) is 0. The Morgan fingerprint density at radius 3 is 1.21 bits per heavy atom. The monoisotopic (exact) mass is 534 g/mol. The zero-order valence-electron chi connectivity index (χ0n) is 24.6. The first-order valence-electron chi connectivity index (χ1n) is 14.5. The number of rotatable bonds is 25. The topological polar surface area (TPSA) is 36.9 Å². The van der Waals surface area contributed by atoms with Crippen molar-refractivity contribution >= 4 is 25.2 Å². The molecule has 0 bridgehead atoms. The van der Waals surface area contributed by atoms with E-state index in [1.54, 1.807) is 14.2 Å². The second-order valence-corrected chi connectivity index (χ2v) is 24.0. The highest BCUT2D eigenvalue weighted by atomic mass is 28.4. The summed E-state index contributed by atoms with van der Waals surface area (Å²) >= 11 is 0. The number of hydrogen-bond donors (Lipinski definition) is 0. The summed E-state index contributed by atoms with van der Waals surface area (Å²) in [5, 5.41) is 0. The molecule has 0 spiro atoms. The Kier molecular flexibility index (Phi) is 20.8. The molecule has 0 unspecified atom stereocenters.